The van der Waals surface area contributed by atoms with E-state index in [0.717, 1.165) is 12.1 Å². The summed E-state index contributed by atoms with van der Waals surface area (Å²) in [6.07, 6.45) is 10.7. The Hall–Kier alpha value is -1.37. The van der Waals surface area contributed by atoms with Gasteiger partial charge in [0.1, 0.15) is 0 Å². The molecule has 0 aromatic rings. The second-order valence-corrected chi connectivity index (χ2v) is 3.08. The van der Waals surface area contributed by atoms with Gasteiger partial charge in [-0.3, -0.25) is 4.99 Å². The molecule has 0 saturated heterocycles. The van der Waals surface area contributed by atoms with Crippen molar-refractivity contribution in [2.45, 2.75) is 34.1 Å². The Bertz CT molecular complexity index is 314. The van der Waals surface area contributed by atoms with Crippen LogP contribution in [0.1, 0.15) is 34.1 Å². The maximum atomic E-state index is 4.34. The average molecular weight is 203 g/mol. The summed E-state index contributed by atoms with van der Waals surface area (Å²) in [7, 11) is 0. The molecule has 0 spiro atoms. The van der Waals surface area contributed by atoms with Crippen LogP contribution in [-0.2, 0) is 0 Å². The maximum absolute atomic E-state index is 4.34. The molecule has 1 aliphatic heterocycles. The molecule has 15 heavy (non-hydrogen) atoms. The summed E-state index contributed by atoms with van der Waals surface area (Å²) in [5.74, 6) is 0. The molecule has 1 heteroatoms. The zero-order valence-electron chi connectivity index (χ0n) is 10.2. The van der Waals surface area contributed by atoms with Crippen molar-refractivity contribution in [1.29, 1.82) is 0 Å². The third-order valence-corrected chi connectivity index (χ3v) is 1.94. The molecule has 1 heterocycles. The zero-order chi connectivity index (χ0) is 11.7. The van der Waals surface area contributed by atoms with Crippen molar-refractivity contribution < 1.29 is 0 Å². The van der Waals surface area contributed by atoms with Gasteiger partial charge in [0.2, 0.25) is 0 Å². The molecule has 0 aromatic heterocycles. The number of hydrogen-bond acceptors (Lipinski definition) is 1. The van der Waals surface area contributed by atoms with Crippen LogP contribution in [0, 0.1) is 0 Å². The summed E-state index contributed by atoms with van der Waals surface area (Å²) >= 11 is 0. The largest absolute Gasteiger partial charge is 0.257 e. The molecule has 1 aliphatic rings. The standard InChI is InChI=1S/C12H15N.C2H6/c1-4-6-12-11(5-2)9-10(3)7-8-13-12;1-2/h4-8H,2,9H2,1,3H3;1-2H3/b6-4-;. The molecule has 82 valence electrons. The van der Waals surface area contributed by atoms with Gasteiger partial charge in [-0.25, -0.2) is 0 Å². The van der Waals surface area contributed by atoms with Gasteiger partial charge in [-0.2, -0.15) is 0 Å². The number of hydrogen-bond donors (Lipinski definition) is 0. The van der Waals surface area contributed by atoms with Gasteiger partial charge in [0.05, 0.1) is 5.70 Å². The topological polar surface area (TPSA) is 12.4 Å². The van der Waals surface area contributed by atoms with Crippen LogP contribution in [0.2, 0.25) is 0 Å². The second kappa shape index (κ2) is 7.98. The van der Waals surface area contributed by atoms with Gasteiger partial charge < -0.3 is 0 Å². The van der Waals surface area contributed by atoms with E-state index in [0.29, 0.717) is 0 Å². The monoisotopic (exact) mass is 203 g/mol. The van der Waals surface area contributed by atoms with E-state index < -0.39 is 0 Å². The lowest BCUT2D eigenvalue weighted by molar-refractivity contribution is 1.13. The summed E-state index contributed by atoms with van der Waals surface area (Å²) in [4.78, 5) is 4.34. The fourth-order valence-corrected chi connectivity index (χ4v) is 1.26. The molecule has 0 fully saturated rings. The fourth-order valence-electron chi connectivity index (χ4n) is 1.26. The lowest BCUT2D eigenvalue weighted by Crippen LogP contribution is -1.84. The number of nitrogens with zero attached hydrogens (tertiary/aromatic N) is 1. The quantitative estimate of drug-likeness (QED) is 0.628. The van der Waals surface area contributed by atoms with Gasteiger partial charge in [0.15, 0.2) is 0 Å². The Morgan fingerprint density at radius 3 is 2.60 bits per heavy atom. The first-order valence-electron chi connectivity index (χ1n) is 5.46. The minimum atomic E-state index is 0.948. The van der Waals surface area contributed by atoms with E-state index in [1.807, 2.05) is 51.3 Å². The van der Waals surface area contributed by atoms with E-state index in [1.54, 1.807) is 0 Å². The molecule has 0 unspecified atom stereocenters. The molecule has 0 N–H and O–H groups in total. The minimum Gasteiger partial charge on any atom is -0.257 e. The average Bonchev–Trinajstić information content (AvgIpc) is 2.44. The van der Waals surface area contributed by atoms with E-state index in [-0.39, 0.29) is 0 Å². The Morgan fingerprint density at radius 1 is 1.40 bits per heavy atom. The number of allylic oxidation sites excluding steroid dienone is 6. The van der Waals surface area contributed by atoms with Crippen molar-refractivity contribution >= 4 is 6.21 Å². The van der Waals surface area contributed by atoms with E-state index in [1.165, 1.54) is 11.1 Å². The lowest BCUT2D eigenvalue weighted by Gasteiger charge is -2.02. The first-order valence-corrected chi connectivity index (χ1v) is 5.46. The molecule has 0 bridgehead atoms. The third kappa shape index (κ3) is 4.59. The molecule has 0 aliphatic carbocycles. The van der Waals surface area contributed by atoms with Crippen LogP contribution < -0.4 is 0 Å². The normalized spacial score (nSPS) is 15.6. The van der Waals surface area contributed by atoms with Crippen molar-refractivity contribution in [3.8, 4) is 0 Å². The summed E-state index contributed by atoms with van der Waals surface area (Å²) in [5.41, 5.74) is 3.53. The SMILES string of the molecule is C=CC1=C(/C=C\C)N=CC=C(C)C1.CC. The van der Waals surface area contributed by atoms with Crippen molar-refractivity contribution in [2.24, 2.45) is 4.99 Å². The van der Waals surface area contributed by atoms with Crippen LogP contribution in [-0.4, -0.2) is 6.21 Å². The first kappa shape index (κ1) is 13.6. The predicted octanol–water partition coefficient (Wildman–Crippen LogP) is 4.45. The number of aliphatic imine (C=N–C) groups is 1. The van der Waals surface area contributed by atoms with Crippen LogP contribution >= 0.6 is 0 Å². The van der Waals surface area contributed by atoms with Crippen molar-refractivity contribution in [3.63, 3.8) is 0 Å². The third-order valence-electron chi connectivity index (χ3n) is 1.94. The Morgan fingerprint density at radius 2 is 2.07 bits per heavy atom. The summed E-state index contributed by atoms with van der Waals surface area (Å²) < 4.78 is 0. The van der Waals surface area contributed by atoms with Gasteiger partial charge >= 0.3 is 0 Å². The summed E-state index contributed by atoms with van der Waals surface area (Å²) in [5, 5.41) is 0. The van der Waals surface area contributed by atoms with E-state index in [4.69, 9.17) is 0 Å². The van der Waals surface area contributed by atoms with Crippen LogP contribution in [0.5, 0.6) is 0 Å². The van der Waals surface area contributed by atoms with Crippen LogP contribution in [0.3, 0.4) is 0 Å². The van der Waals surface area contributed by atoms with Gasteiger partial charge in [0.25, 0.3) is 0 Å². The minimum absolute atomic E-state index is 0.948. The highest BCUT2D eigenvalue weighted by atomic mass is 14.7. The molecular weight excluding hydrogens is 182 g/mol. The Labute approximate surface area is 93.6 Å². The van der Waals surface area contributed by atoms with E-state index in [2.05, 4.69) is 18.5 Å². The van der Waals surface area contributed by atoms with Crippen LogP contribution in [0.15, 0.2) is 52.7 Å². The van der Waals surface area contributed by atoms with E-state index in [9.17, 15) is 0 Å². The molecule has 0 saturated carbocycles. The maximum Gasteiger partial charge on any atom is 0.0661 e. The Kier molecular flexibility index (Phi) is 7.25. The van der Waals surface area contributed by atoms with Gasteiger partial charge in [-0.05, 0) is 38.0 Å². The lowest BCUT2D eigenvalue weighted by atomic mass is 10.1. The molecule has 0 amide bonds. The second-order valence-electron chi connectivity index (χ2n) is 3.08. The van der Waals surface area contributed by atoms with Crippen molar-refractivity contribution in [3.05, 3.63) is 47.7 Å². The molecule has 0 aromatic carbocycles. The zero-order valence-corrected chi connectivity index (χ0v) is 10.2. The summed E-state index contributed by atoms with van der Waals surface area (Å²) in [6.45, 7) is 11.9. The molecule has 0 atom stereocenters. The van der Waals surface area contributed by atoms with Crippen molar-refractivity contribution in [1.82, 2.24) is 0 Å². The number of rotatable bonds is 2. The molecule has 1 rings (SSSR count). The first-order chi connectivity index (χ1) is 7.27. The summed E-state index contributed by atoms with van der Waals surface area (Å²) in [6, 6.07) is 0. The Balaban J connectivity index is 0.000000921. The highest BCUT2D eigenvalue weighted by molar-refractivity contribution is 5.75. The van der Waals surface area contributed by atoms with Crippen molar-refractivity contribution in [2.75, 3.05) is 0 Å². The molecular formula is C14H21N. The van der Waals surface area contributed by atoms with Gasteiger partial charge in [-0.1, -0.05) is 38.2 Å². The fraction of sp³-hybridized carbons (Fsp3) is 0.357. The molecule has 1 nitrogen and oxygen atoms in total. The highest BCUT2D eigenvalue weighted by Gasteiger charge is 2.02. The van der Waals surface area contributed by atoms with Gasteiger partial charge in [0, 0.05) is 6.21 Å². The highest BCUT2D eigenvalue weighted by Crippen LogP contribution is 2.19. The molecule has 0 radical (unpaired) electrons. The van der Waals surface area contributed by atoms with Gasteiger partial charge in [-0.15, -0.1) is 0 Å². The smallest absolute Gasteiger partial charge is 0.0661 e. The van der Waals surface area contributed by atoms with E-state index >= 15 is 0 Å². The van der Waals surface area contributed by atoms with Crippen LogP contribution in [0.25, 0.3) is 0 Å². The van der Waals surface area contributed by atoms with Crippen LogP contribution in [0.4, 0.5) is 0 Å². The predicted molar refractivity (Wildman–Crippen MR) is 70.3 cm³/mol.